The van der Waals surface area contributed by atoms with Crippen LogP contribution in [0.25, 0.3) is 0 Å². The van der Waals surface area contributed by atoms with Crippen LogP contribution >= 0.6 is 0 Å². The molecule has 0 aliphatic carbocycles. The average Bonchev–Trinajstić information content (AvgIpc) is 2.89. The number of aromatic nitrogens is 2. The third-order valence-corrected chi connectivity index (χ3v) is 3.21. The van der Waals surface area contributed by atoms with E-state index in [0.29, 0.717) is 0 Å². The van der Waals surface area contributed by atoms with E-state index in [9.17, 15) is 0 Å². The SMILES string of the molecule is CCCn1ccnc1C(NC)c1ccccc1OC. The Morgan fingerprint density at radius 1 is 1.37 bits per heavy atom. The number of para-hydroxylation sites is 1. The largest absolute Gasteiger partial charge is 0.496 e. The molecular weight excluding hydrogens is 238 g/mol. The maximum Gasteiger partial charge on any atom is 0.130 e. The highest BCUT2D eigenvalue weighted by Gasteiger charge is 2.20. The van der Waals surface area contributed by atoms with E-state index in [1.165, 1.54) is 0 Å². The summed E-state index contributed by atoms with van der Waals surface area (Å²) in [7, 11) is 3.64. The second-order valence-corrected chi connectivity index (χ2v) is 4.44. The van der Waals surface area contributed by atoms with Crippen molar-refractivity contribution in [1.29, 1.82) is 0 Å². The fourth-order valence-corrected chi connectivity index (χ4v) is 2.34. The van der Waals surface area contributed by atoms with Gasteiger partial charge in [0.05, 0.1) is 13.2 Å². The first-order chi connectivity index (χ1) is 9.31. The molecule has 4 heteroatoms. The summed E-state index contributed by atoms with van der Waals surface area (Å²) in [5, 5.41) is 3.33. The molecule has 0 spiro atoms. The average molecular weight is 259 g/mol. The summed E-state index contributed by atoms with van der Waals surface area (Å²) in [6.07, 6.45) is 4.97. The van der Waals surface area contributed by atoms with Gasteiger partial charge < -0.3 is 14.6 Å². The minimum absolute atomic E-state index is 0.0395. The summed E-state index contributed by atoms with van der Waals surface area (Å²) in [5.41, 5.74) is 1.11. The van der Waals surface area contributed by atoms with Gasteiger partial charge in [0.25, 0.3) is 0 Å². The Balaban J connectivity index is 2.41. The van der Waals surface area contributed by atoms with E-state index in [-0.39, 0.29) is 6.04 Å². The highest BCUT2D eigenvalue weighted by molar-refractivity contribution is 5.38. The van der Waals surface area contributed by atoms with E-state index in [2.05, 4.69) is 27.9 Å². The van der Waals surface area contributed by atoms with Crippen LogP contribution in [-0.4, -0.2) is 23.7 Å². The number of imidazole rings is 1. The molecule has 1 aromatic heterocycles. The van der Waals surface area contributed by atoms with Gasteiger partial charge in [0, 0.05) is 24.5 Å². The molecule has 2 aromatic rings. The lowest BCUT2D eigenvalue weighted by Gasteiger charge is -2.20. The third-order valence-electron chi connectivity index (χ3n) is 3.21. The molecule has 1 unspecified atom stereocenters. The first-order valence-corrected chi connectivity index (χ1v) is 6.63. The van der Waals surface area contributed by atoms with Crippen molar-refractivity contribution in [2.24, 2.45) is 0 Å². The molecule has 19 heavy (non-hydrogen) atoms. The van der Waals surface area contributed by atoms with Gasteiger partial charge in [-0.15, -0.1) is 0 Å². The van der Waals surface area contributed by atoms with Crippen LogP contribution in [0.1, 0.15) is 30.8 Å². The van der Waals surface area contributed by atoms with Gasteiger partial charge in [0.2, 0.25) is 0 Å². The predicted octanol–water partition coefficient (Wildman–Crippen LogP) is 2.61. The zero-order chi connectivity index (χ0) is 13.7. The Bertz CT molecular complexity index is 522. The molecule has 0 saturated carbocycles. The molecule has 0 bridgehead atoms. The highest BCUT2D eigenvalue weighted by Crippen LogP contribution is 2.28. The van der Waals surface area contributed by atoms with Gasteiger partial charge in [-0.2, -0.15) is 0 Å². The second kappa shape index (κ2) is 6.38. The summed E-state index contributed by atoms with van der Waals surface area (Å²) in [6.45, 7) is 3.14. The van der Waals surface area contributed by atoms with Gasteiger partial charge >= 0.3 is 0 Å². The highest BCUT2D eigenvalue weighted by atomic mass is 16.5. The molecule has 1 N–H and O–H groups in total. The van der Waals surface area contributed by atoms with E-state index in [1.54, 1.807) is 7.11 Å². The van der Waals surface area contributed by atoms with Crippen LogP contribution < -0.4 is 10.1 Å². The zero-order valence-corrected chi connectivity index (χ0v) is 11.8. The van der Waals surface area contributed by atoms with E-state index in [1.807, 2.05) is 37.6 Å². The van der Waals surface area contributed by atoms with Crippen molar-refractivity contribution in [3.05, 3.63) is 48.0 Å². The number of methoxy groups -OCH3 is 1. The molecule has 1 heterocycles. The van der Waals surface area contributed by atoms with Crippen LogP contribution in [0, 0.1) is 0 Å². The van der Waals surface area contributed by atoms with Crippen molar-refractivity contribution in [3.8, 4) is 5.75 Å². The number of benzene rings is 1. The van der Waals surface area contributed by atoms with Gasteiger partial charge in [-0.25, -0.2) is 4.98 Å². The standard InChI is InChI=1S/C15H21N3O/c1-4-10-18-11-9-17-15(18)14(16-2)12-7-5-6-8-13(12)19-3/h5-9,11,14,16H,4,10H2,1-3H3. The summed E-state index contributed by atoms with van der Waals surface area (Å²) >= 11 is 0. The Labute approximate surface area is 114 Å². The monoisotopic (exact) mass is 259 g/mol. The lowest BCUT2D eigenvalue weighted by Crippen LogP contribution is -2.22. The summed E-state index contributed by atoms with van der Waals surface area (Å²) in [5.74, 6) is 1.90. The van der Waals surface area contributed by atoms with Crippen LogP contribution in [-0.2, 0) is 6.54 Å². The Morgan fingerprint density at radius 3 is 2.84 bits per heavy atom. The summed E-state index contributed by atoms with van der Waals surface area (Å²) in [4.78, 5) is 4.50. The molecule has 0 radical (unpaired) electrons. The predicted molar refractivity (Wildman–Crippen MR) is 76.4 cm³/mol. The number of rotatable bonds is 6. The Kier molecular flexibility index (Phi) is 4.58. The number of nitrogens with zero attached hydrogens (tertiary/aromatic N) is 2. The molecule has 1 aromatic carbocycles. The summed E-state index contributed by atoms with van der Waals surface area (Å²) in [6, 6.07) is 8.10. The molecule has 2 rings (SSSR count). The topological polar surface area (TPSA) is 39.1 Å². The molecular formula is C15H21N3O. The molecule has 0 aliphatic rings. The van der Waals surface area contributed by atoms with E-state index < -0.39 is 0 Å². The number of ether oxygens (including phenoxy) is 1. The minimum atomic E-state index is 0.0395. The third kappa shape index (κ3) is 2.79. The van der Waals surface area contributed by atoms with Crippen LogP contribution in [0.5, 0.6) is 5.75 Å². The van der Waals surface area contributed by atoms with Crippen LogP contribution in [0.2, 0.25) is 0 Å². The van der Waals surface area contributed by atoms with E-state index >= 15 is 0 Å². The van der Waals surface area contributed by atoms with Crippen molar-refractivity contribution in [1.82, 2.24) is 14.9 Å². The van der Waals surface area contributed by atoms with Crippen LogP contribution in [0.4, 0.5) is 0 Å². The minimum Gasteiger partial charge on any atom is -0.496 e. The van der Waals surface area contributed by atoms with Crippen LogP contribution in [0.3, 0.4) is 0 Å². The Hall–Kier alpha value is -1.81. The van der Waals surface area contributed by atoms with Crippen molar-refractivity contribution >= 4 is 0 Å². The lowest BCUT2D eigenvalue weighted by molar-refractivity contribution is 0.403. The second-order valence-electron chi connectivity index (χ2n) is 4.44. The molecule has 1 atom stereocenters. The van der Waals surface area contributed by atoms with Gasteiger partial charge in [-0.05, 0) is 19.5 Å². The number of hydrogen-bond donors (Lipinski definition) is 1. The molecule has 4 nitrogen and oxygen atoms in total. The fourth-order valence-electron chi connectivity index (χ4n) is 2.34. The zero-order valence-electron chi connectivity index (χ0n) is 11.8. The number of aryl methyl sites for hydroxylation is 1. The lowest BCUT2D eigenvalue weighted by atomic mass is 10.0. The molecule has 0 fully saturated rings. The maximum absolute atomic E-state index is 5.45. The maximum atomic E-state index is 5.45. The molecule has 0 aliphatic heterocycles. The number of nitrogens with one attached hydrogen (secondary N) is 1. The molecule has 102 valence electrons. The van der Waals surface area contributed by atoms with Crippen molar-refractivity contribution in [3.63, 3.8) is 0 Å². The first kappa shape index (κ1) is 13.6. The van der Waals surface area contributed by atoms with Gasteiger partial charge in [0.15, 0.2) is 0 Å². The fraction of sp³-hybridized carbons (Fsp3) is 0.400. The Morgan fingerprint density at radius 2 is 2.16 bits per heavy atom. The van der Waals surface area contributed by atoms with Crippen molar-refractivity contribution in [2.75, 3.05) is 14.2 Å². The van der Waals surface area contributed by atoms with Gasteiger partial charge in [0.1, 0.15) is 11.6 Å². The smallest absolute Gasteiger partial charge is 0.130 e. The van der Waals surface area contributed by atoms with Crippen molar-refractivity contribution < 1.29 is 4.74 Å². The normalized spacial score (nSPS) is 12.4. The molecule has 0 saturated heterocycles. The van der Waals surface area contributed by atoms with Crippen LogP contribution in [0.15, 0.2) is 36.7 Å². The van der Waals surface area contributed by atoms with Gasteiger partial charge in [-0.1, -0.05) is 25.1 Å². The molecule has 0 amide bonds. The quantitative estimate of drug-likeness (QED) is 0.866. The van der Waals surface area contributed by atoms with Crippen molar-refractivity contribution in [2.45, 2.75) is 25.9 Å². The summed E-state index contributed by atoms with van der Waals surface area (Å²) < 4.78 is 7.64. The van der Waals surface area contributed by atoms with E-state index in [4.69, 9.17) is 4.74 Å². The van der Waals surface area contributed by atoms with E-state index in [0.717, 1.165) is 30.1 Å². The number of hydrogen-bond acceptors (Lipinski definition) is 3. The first-order valence-electron chi connectivity index (χ1n) is 6.63. The van der Waals surface area contributed by atoms with Gasteiger partial charge in [-0.3, -0.25) is 0 Å².